The van der Waals surface area contributed by atoms with Crippen molar-refractivity contribution in [3.63, 3.8) is 0 Å². The van der Waals surface area contributed by atoms with Crippen LogP contribution in [0.1, 0.15) is 24.8 Å². The van der Waals surface area contributed by atoms with Crippen LogP contribution in [0.5, 0.6) is 0 Å². The highest BCUT2D eigenvalue weighted by Gasteiger charge is 2.65. The third-order valence-corrected chi connectivity index (χ3v) is 7.74. The molecule has 2 saturated heterocycles. The molecule has 6 rings (SSSR count). The van der Waals surface area contributed by atoms with Gasteiger partial charge < -0.3 is 4.90 Å². The molecule has 2 aliphatic heterocycles. The number of benzene rings is 2. The maximum atomic E-state index is 15.6. The van der Waals surface area contributed by atoms with E-state index in [1.165, 1.54) is 4.90 Å². The predicted octanol–water partition coefficient (Wildman–Crippen LogP) is 3.39. The number of hydrogen-bond donors (Lipinski definition) is 1. The van der Waals surface area contributed by atoms with E-state index in [1.807, 2.05) is 6.07 Å². The monoisotopic (exact) mass is 478 g/mol. The molecule has 2 aromatic carbocycles. The Labute approximate surface area is 191 Å². The number of rotatable bonds is 6. The number of carbonyl (C=O) groups excluding carboxylic acids is 1. The molecule has 4 aliphatic rings. The van der Waals surface area contributed by atoms with Crippen LogP contribution in [0, 0.1) is 11.7 Å². The lowest BCUT2D eigenvalue weighted by atomic mass is 9.64. The largest absolute Gasteiger partial charge is 0.334 e. The molecule has 2 saturated carbocycles. The van der Waals surface area contributed by atoms with Crippen LogP contribution >= 0.6 is 0 Å². The molecular formula is C24H25F3N2O3S. The van der Waals surface area contributed by atoms with Crippen molar-refractivity contribution in [2.75, 3.05) is 6.26 Å². The van der Waals surface area contributed by atoms with Crippen LogP contribution in [0.2, 0.25) is 0 Å². The second-order valence-corrected chi connectivity index (χ2v) is 11.3. The molecule has 1 amide bonds. The highest BCUT2D eigenvalue weighted by atomic mass is 32.2. The molecule has 2 aromatic rings. The number of sulfonamides is 1. The number of piperidine rings is 2. The van der Waals surface area contributed by atoms with Crippen LogP contribution in [0.25, 0.3) is 11.1 Å². The molecule has 4 fully saturated rings. The highest BCUT2D eigenvalue weighted by molar-refractivity contribution is 7.88. The van der Waals surface area contributed by atoms with Gasteiger partial charge >= 0.3 is 0 Å². The van der Waals surface area contributed by atoms with E-state index in [2.05, 4.69) is 4.72 Å². The molecule has 0 radical (unpaired) electrons. The number of fused-ring (bicyclic) bond motifs is 2. The number of nitrogens with one attached hydrogen (secondary N) is 1. The topological polar surface area (TPSA) is 66.5 Å². The summed E-state index contributed by atoms with van der Waals surface area (Å²) in [5.41, 5.74) is -0.554. The van der Waals surface area contributed by atoms with Gasteiger partial charge in [-0.1, -0.05) is 48.5 Å². The molecule has 176 valence electrons. The van der Waals surface area contributed by atoms with Gasteiger partial charge in [0.1, 0.15) is 17.7 Å². The maximum Gasteiger partial charge on any atom is 0.229 e. The van der Waals surface area contributed by atoms with Gasteiger partial charge in [0.15, 0.2) is 0 Å². The minimum Gasteiger partial charge on any atom is -0.334 e. The summed E-state index contributed by atoms with van der Waals surface area (Å²) in [7, 11) is -3.82. The Morgan fingerprint density at radius 1 is 1.15 bits per heavy atom. The molecular weight excluding hydrogens is 453 g/mol. The Hall–Kier alpha value is -2.39. The summed E-state index contributed by atoms with van der Waals surface area (Å²) in [6.07, 6.45) is -0.319. The molecule has 33 heavy (non-hydrogen) atoms. The minimum absolute atomic E-state index is 0.0152. The fourth-order valence-electron chi connectivity index (χ4n) is 5.34. The lowest BCUT2D eigenvalue weighted by Gasteiger charge is -2.61. The van der Waals surface area contributed by atoms with Crippen LogP contribution in [0.15, 0.2) is 48.5 Å². The van der Waals surface area contributed by atoms with E-state index in [0.29, 0.717) is 11.1 Å². The molecule has 2 aliphatic carbocycles. The van der Waals surface area contributed by atoms with Crippen molar-refractivity contribution < 1.29 is 26.4 Å². The van der Waals surface area contributed by atoms with Crippen molar-refractivity contribution >= 4 is 15.9 Å². The summed E-state index contributed by atoms with van der Waals surface area (Å²) in [5.74, 6) is -1.74. The van der Waals surface area contributed by atoms with Gasteiger partial charge in [0, 0.05) is 24.4 Å². The molecule has 9 heteroatoms. The third kappa shape index (κ3) is 4.05. The Morgan fingerprint density at radius 3 is 2.42 bits per heavy atom. The maximum absolute atomic E-state index is 15.6. The van der Waals surface area contributed by atoms with Crippen LogP contribution < -0.4 is 4.72 Å². The van der Waals surface area contributed by atoms with Crippen LogP contribution in [0.3, 0.4) is 0 Å². The standard InChI is InChI=1S/C24H25F3N2O3S/c1-33(31,32)28-22-20(29(16-12-24(22,27)13-16)23(30)18-11-19(18)25)10-15-8-5-9-17(21(15)26)14-6-3-2-4-7-14/h2-9,16,18-20,22,28H,10-13H2,1H3/t16?,18-,19+,20+,22-,24?/m1/s1. The number of amides is 1. The summed E-state index contributed by atoms with van der Waals surface area (Å²) >= 11 is 0. The quantitative estimate of drug-likeness (QED) is 0.692. The Kier molecular flexibility index (Phi) is 5.32. The van der Waals surface area contributed by atoms with Crippen molar-refractivity contribution in [1.82, 2.24) is 9.62 Å². The van der Waals surface area contributed by atoms with Crippen LogP contribution in [-0.2, 0) is 21.2 Å². The molecule has 0 aromatic heterocycles. The minimum atomic E-state index is -3.82. The fraction of sp³-hybridized carbons (Fsp3) is 0.458. The number of hydrogen-bond acceptors (Lipinski definition) is 3. The van der Waals surface area contributed by atoms with E-state index in [-0.39, 0.29) is 31.2 Å². The molecule has 4 atom stereocenters. The first kappa shape index (κ1) is 22.4. The van der Waals surface area contributed by atoms with E-state index in [0.717, 1.165) is 6.26 Å². The molecule has 0 unspecified atom stereocenters. The van der Waals surface area contributed by atoms with Crippen molar-refractivity contribution in [2.24, 2.45) is 5.92 Å². The van der Waals surface area contributed by atoms with E-state index in [4.69, 9.17) is 0 Å². The lowest BCUT2D eigenvalue weighted by molar-refractivity contribution is -0.168. The van der Waals surface area contributed by atoms with Crippen molar-refractivity contribution in [3.8, 4) is 11.1 Å². The average Bonchev–Trinajstić information content (AvgIpc) is 3.47. The fourth-order valence-corrected chi connectivity index (χ4v) is 6.17. The molecule has 5 nitrogen and oxygen atoms in total. The van der Waals surface area contributed by atoms with Crippen LogP contribution in [-0.4, -0.2) is 55.4 Å². The summed E-state index contributed by atoms with van der Waals surface area (Å²) < 4.78 is 71.4. The van der Waals surface area contributed by atoms with Gasteiger partial charge in [0.05, 0.1) is 24.3 Å². The van der Waals surface area contributed by atoms with Gasteiger partial charge in [-0.25, -0.2) is 26.3 Å². The lowest BCUT2D eigenvalue weighted by Crippen LogP contribution is -2.77. The van der Waals surface area contributed by atoms with E-state index in [1.54, 1.807) is 42.5 Å². The SMILES string of the molecule is CS(=O)(=O)N[C@@H]1[C@H](Cc2cccc(-c3ccccc3)c2F)N(C(=O)[C@@H]2C[C@@H]2F)C2CC1(F)C2. The van der Waals surface area contributed by atoms with Crippen molar-refractivity contribution in [2.45, 2.75) is 55.6 Å². The second-order valence-electron chi connectivity index (χ2n) is 9.48. The van der Waals surface area contributed by atoms with Crippen molar-refractivity contribution in [1.29, 1.82) is 0 Å². The van der Waals surface area contributed by atoms with Gasteiger partial charge in [-0.05, 0) is 24.0 Å². The van der Waals surface area contributed by atoms with E-state index in [9.17, 15) is 17.6 Å². The van der Waals surface area contributed by atoms with Gasteiger partial charge in [0.25, 0.3) is 0 Å². The smallest absolute Gasteiger partial charge is 0.229 e. The Bertz CT molecular complexity index is 1180. The first-order valence-electron chi connectivity index (χ1n) is 11.0. The van der Waals surface area contributed by atoms with Crippen molar-refractivity contribution in [3.05, 3.63) is 59.9 Å². The van der Waals surface area contributed by atoms with Crippen LogP contribution in [0.4, 0.5) is 13.2 Å². The summed E-state index contributed by atoms with van der Waals surface area (Å²) in [6, 6.07) is 11.2. The molecule has 2 bridgehead atoms. The number of nitrogens with zero attached hydrogens (tertiary/aromatic N) is 1. The zero-order valence-corrected chi connectivity index (χ0v) is 18.9. The summed E-state index contributed by atoms with van der Waals surface area (Å²) in [6.45, 7) is 0. The van der Waals surface area contributed by atoms with Gasteiger partial charge in [-0.2, -0.15) is 0 Å². The van der Waals surface area contributed by atoms with E-state index < -0.39 is 57.6 Å². The summed E-state index contributed by atoms with van der Waals surface area (Å²) in [5, 5.41) is 0. The molecule has 1 N–H and O–H groups in total. The van der Waals surface area contributed by atoms with Gasteiger partial charge in [0.2, 0.25) is 15.9 Å². The first-order chi connectivity index (χ1) is 15.6. The molecule has 2 heterocycles. The zero-order chi connectivity index (χ0) is 23.5. The van der Waals surface area contributed by atoms with E-state index >= 15 is 8.78 Å². The normalized spacial score (nSPS) is 32.8. The highest BCUT2D eigenvalue weighted by Crippen LogP contribution is 2.52. The molecule has 0 spiro atoms. The third-order valence-electron chi connectivity index (χ3n) is 7.06. The number of alkyl halides is 2. The zero-order valence-electron chi connectivity index (χ0n) is 18.0. The number of carbonyl (C=O) groups is 1. The predicted molar refractivity (Wildman–Crippen MR) is 118 cm³/mol. The summed E-state index contributed by atoms with van der Waals surface area (Å²) in [4.78, 5) is 14.5. The Balaban J connectivity index is 1.53. The van der Waals surface area contributed by atoms with Gasteiger partial charge in [-0.3, -0.25) is 4.79 Å². The number of halogens is 3. The Morgan fingerprint density at radius 2 is 1.82 bits per heavy atom. The average molecular weight is 479 g/mol. The second kappa shape index (κ2) is 7.84. The first-order valence-corrected chi connectivity index (χ1v) is 12.9. The van der Waals surface area contributed by atoms with Gasteiger partial charge in [-0.15, -0.1) is 0 Å².